The molecular weight excluding hydrogens is 222 g/mol. The third-order valence-corrected chi connectivity index (χ3v) is 2.62. The van der Waals surface area contributed by atoms with Crippen molar-refractivity contribution in [2.75, 3.05) is 32.8 Å². The van der Waals surface area contributed by atoms with Crippen LogP contribution >= 0.6 is 0 Å². The summed E-state index contributed by atoms with van der Waals surface area (Å²) < 4.78 is 9.81. The lowest BCUT2D eigenvalue weighted by Gasteiger charge is -2.21. The van der Waals surface area contributed by atoms with E-state index in [1.165, 1.54) is 0 Å². The molecule has 5 nitrogen and oxygen atoms in total. The summed E-state index contributed by atoms with van der Waals surface area (Å²) >= 11 is 0. The summed E-state index contributed by atoms with van der Waals surface area (Å²) in [5, 5.41) is 0. The van der Waals surface area contributed by atoms with Crippen molar-refractivity contribution in [2.45, 2.75) is 20.3 Å². The zero-order valence-electron chi connectivity index (χ0n) is 10.5. The fourth-order valence-corrected chi connectivity index (χ4v) is 1.77. The van der Waals surface area contributed by atoms with Gasteiger partial charge < -0.3 is 14.4 Å². The van der Waals surface area contributed by atoms with Crippen molar-refractivity contribution < 1.29 is 24.0 Å². The second-order valence-corrected chi connectivity index (χ2v) is 3.89. The van der Waals surface area contributed by atoms with Crippen molar-refractivity contribution in [3.05, 3.63) is 11.6 Å². The molecule has 0 saturated heterocycles. The number of carbonyl (C=O) groups excluding carboxylic acids is 2. The first-order chi connectivity index (χ1) is 8.17. The topological polar surface area (TPSA) is 57.0 Å². The molecular formula is C12H20NO4+. The first kappa shape index (κ1) is 13.7. The minimum atomic E-state index is -0.234. The van der Waals surface area contributed by atoms with Gasteiger partial charge in [-0.1, -0.05) is 0 Å². The summed E-state index contributed by atoms with van der Waals surface area (Å²) in [6.45, 7) is 6.20. The van der Waals surface area contributed by atoms with Crippen LogP contribution in [0, 0.1) is 0 Å². The molecule has 0 aromatic carbocycles. The normalized spacial score (nSPS) is 19.4. The van der Waals surface area contributed by atoms with Gasteiger partial charge in [0.1, 0.15) is 0 Å². The molecule has 0 fully saturated rings. The molecule has 0 aromatic heterocycles. The molecule has 1 aliphatic heterocycles. The molecule has 0 radical (unpaired) electrons. The van der Waals surface area contributed by atoms with Gasteiger partial charge in [-0.2, -0.15) is 0 Å². The fraction of sp³-hybridized carbons (Fsp3) is 0.667. The number of ether oxygens (including phenoxy) is 2. The predicted octanol–water partition coefficient (Wildman–Crippen LogP) is -0.672. The van der Waals surface area contributed by atoms with Gasteiger partial charge >= 0.3 is 11.9 Å². The van der Waals surface area contributed by atoms with Gasteiger partial charge in [0.05, 0.1) is 26.3 Å². The van der Waals surface area contributed by atoms with Gasteiger partial charge in [0.15, 0.2) is 6.54 Å². The molecule has 0 saturated carbocycles. The lowest BCUT2D eigenvalue weighted by Crippen LogP contribution is -3.13. The van der Waals surface area contributed by atoms with Crippen molar-refractivity contribution in [3.8, 4) is 0 Å². The SMILES string of the molecule is CCOC(=O)C[NH+]1CC=C(C(=O)OCC)CC1. The van der Waals surface area contributed by atoms with Gasteiger partial charge in [0, 0.05) is 12.0 Å². The van der Waals surface area contributed by atoms with E-state index in [0.29, 0.717) is 32.7 Å². The van der Waals surface area contributed by atoms with Crippen LogP contribution in [-0.4, -0.2) is 44.8 Å². The molecule has 5 heteroatoms. The van der Waals surface area contributed by atoms with Crippen LogP contribution in [0.15, 0.2) is 11.6 Å². The Hall–Kier alpha value is -1.36. The number of rotatable bonds is 5. The van der Waals surface area contributed by atoms with Crippen LogP contribution in [0.1, 0.15) is 20.3 Å². The van der Waals surface area contributed by atoms with Crippen molar-refractivity contribution >= 4 is 11.9 Å². The molecule has 0 amide bonds. The number of hydrogen-bond donors (Lipinski definition) is 1. The van der Waals surface area contributed by atoms with Crippen molar-refractivity contribution in [1.82, 2.24) is 0 Å². The van der Waals surface area contributed by atoms with Gasteiger partial charge in [-0.3, -0.25) is 0 Å². The molecule has 17 heavy (non-hydrogen) atoms. The Morgan fingerprint density at radius 2 is 2.00 bits per heavy atom. The highest BCUT2D eigenvalue weighted by atomic mass is 16.5. The summed E-state index contributed by atoms with van der Waals surface area (Å²) in [7, 11) is 0. The first-order valence-electron chi connectivity index (χ1n) is 6.02. The molecule has 1 N–H and O–H groups in total. The lowest BCUT2D eigenvalue weighted by atomic mass is 10.1. The van der Waals surface area contributed by atoms with E-state index in [9.17, 15) is 9.59 Å². The molecule has 1 heterocycles. The minimum absolute atomic E-state index is 0.185. The van der Waals surface area contributed by atoms with Gasteiger partial charge in [-0.15, -0.1) is 0 Å². The Balaban J connectivity index is 2.38. The lowest BCUT2D eigenvalue weighted by molar-refractivity contribution is -0.888. The average molecular weight is 242 g/mol. The summed E-state index contributed by atoms with van der Waals surface area (Å²) in [4.78, 5) is 23.8. The predicted molar refractivity (Wildman–Crippen MR) is 61.5 cm³/mol. The number of esters is 2. The monoisotopic (exact) mass is 242 g/mol. The van der Waals surface area contributed by atoms with E-state index < -0.39 is 0 Å². The molecule has 1 unspecified atom stereocenters. The average Bonchev–Trinajstić information content (AvgIpc) is 2.30. The smallest absolute Gasteiger partial charge is 0.361 e. The van der Waals surface area contributed by atoms with Crippen LogP contribution < -0.4 is 4.90 Å². The van der Waals surface area contributed by atoms with Gasteiger partial charge in [0.2, 0.25) is 0 Å². The van der Waals surface area contributed by atoms with Crippen molar-refractivity contribution in [2.24, 2.45) is 0 Å². The Labute approximate surface area is 101 Å². The summed E-state index contributed by atoms with van der Waals surface area (Å²) in [6, 6.07) is 0. The second kappa shape index (κ2) is 7.06. The van der Waals surface area contributed by atoms with Gasteiger partial charge in [-0.25, -0.2) is 9.59 Å². The second-order valence-electron chi connectivity index (χ2n) is 3.89. The standard InChI is InChI=1S/C12H19NO4/c1-3-16-11(14)9-13-7-5-10(6-8-13)12(15)17-4-2/h5H,3-4,6-9H2,1-2H3/p+1. The first-order valence-corrected chi connectivity index (χ1v) is 6.02. The molecule has 96 valence electrons. The summed E-state index contributed by atoms with van der Waals surface area (Å²) in [6.07, 6.45) is 2.52. The number of hydrogen-bond acceptors (Lipinski definition) is 4. The molecule has 1 atom stereocenters. The maximum atomic E-state index is 11.4. The van der Waals surface area contributed by atoms with E-state index in [4.69, 9.17) is 9.47 Å². The van der Waals surface area contributed by atoms with Gasteiger partial charge in [0.25, 0.3) is 0 Å². The largest absolute Gasteiger partial charge is 0.463 e. The summed E-state index contributed by atoms with van der Waals surface area (Å²) in [5.41, 5.74) is 0.722. The van der Waals surface area contributed by atoms with E-state index in [2.05, 4.69) is 0 Å². The number of carbonyl (C=O) groups is 2. The third kappa shape index (κ3) is 4.56. The number of nitrogens with one attached hydrogen (secondary N) is 1. The molecule has 0 aromatic rings. The van der Waals surface area contributed by atoms with E-state index in [1.54, 1.807) is 13.8 Å². The third-order valence-electron chi connectivity index (χ3n) is 2.62. The Morgan fingerprint density at radius 3 is 2.53 bits per heavy atom. The highest BCUT2D eigenvalue weighted by Gasteiger charge is 2.22. The van der Waals surface area contributed by atoms with Crippen LogP contribution in [0.2, 0.25) is 0 Å². The summed E-state index contributed by atoms with van der Waals surface area (Å²) in [5.74, 6) is -0.418. The van der Waals surface area contributed by atoms with Crippen LogP contribution in [-0.2, 0) is 19.1 Å². The minimum Gasteiger partial charge on any atom is -0.463 e. The molecule has 1 aliphatic rings. The van der Waals surface area contributed by atoms with E-state index in [0.717, 1.165) is 17.0 Å². The van der Waals surface area contributed by atoms with Crippen molar-refractivity contribution in [3.63, 3.8) is 0 Å². The molecule has 0 bridgehead atoms. The fourth-order valence-electron chi connectivity index (χ4n) is 1.77. The molecule has 0 spiro atoms. The van der Waals surface area contributed by atoms with Crippen LogP contribution in [0.4, 0.5) is 0 Å². The Morgan fingerprint density at radius 1 is 1.29 bits per heavy atom. The van der Waals surface area contributed by atoms with E-state index in [-0.39, 0.29) is 11.9 Å². The maximum absolute atomic E-state index is 11.4. The quantitative estimate of drug-likeness (QED) is 0.650. The highest BCUT2D eigenvalue weighted by molar-refractivity contribution is 5.88. The van der Waals surface area contributed by atoms with E-state index >= 15 is 0 Å². The molecule has 0 aliphatic carbocycles. The van der Waals surface area contributed by atoms with Crippen molar-refractivity contribution in [1.29, 1.82) is 0 Å². The Bertz CT molecular complexity index is 312. The van der Waals surface area contributed by atoms with Gasteiger partial charge in [-0.05, 0) is 19.9 Å². The van der Waals surface area contributed by atoms with Crippen LogP contribution in [0.3, 0.4) is 0 Å². The zero-order valence-corrected chi connectivity index (χ0v) is 10.5. The van der Waals surface area contributed by atoms with E-state index in [1.807, 2.05) is 6.08 Å². The number of quaternary nitrogens is 1. The van der Waals surface area contributed by atoms with Crippen LogP contribution in [0.5, 0.6) is 0 Å². The highest BCUT2D eigenvalue weighted by Crippen LogP contribution is 2.04. The molecule has 1 rings (SSSR count). The Kier molecular flexibility index (Phi) is 5.69. The maximum Gasteiger partial charge on any atom is 0.361 e. The van der Waals surface area contributed by atoms with Crippen LogP contribution in [0.25, 0.3) is 0 Å². The zero-order chi connectivity index (χ0) is 12.7.